The molecule has 0 fully saturated rings. The number of ether oxygens (including phenoxy) is 1. The molecule has 0 heterocycles. The van der Waals surface area contributed by atoms with Gasteiger partial charge < -0.3 is 15.3 Å². The van der Waals surface area contributed by atoms with Crippen molar-refractivity contribution in [1.29, 1.82) is 0 Å². The minimum atomic E-state index is -0.407. The van der Waals surface area contributed by atoms with Crippen molar-refractivity contribution >= 4 is 17.9 Å². The molecule has 0 radical (unpaired) electrons. The molecule has 2 N–H and O–H groups in total. The van der Waals surface area contributed by atoms with Crippen molar-refractivity contribution in [3.8, 4) is 0 Å². The topological polar surface area (TPSA) is 69.4 Å². The first-order valence-corrected chi connectivity index (χ1v) is 4.59. The normalized spacial score (nSPS) is 9.67. The number of benzene rings is 1. The van der Waals surface area contributed by atoms with Gasteiger partial charge in [-0.15, -0.1) is 0 Å². The van der Waals surface area contributed by atoms with Gasteiger partial charge in [0, 0.05) is 12.1 Å². The molecule has 0 spiro atoms. The highest BCUT2D eigenvalue weighted by molar-refractivity contribution is 5.91. The second-order valence-corrected chi connectivity index (χ2v) is 3.11. The van der Waals surface area contributed by atoms with E-state index in [-0.39, 0.29) is 0 Å². The highest BCUT2D eigenvalue weighted by Gasteiger charge is 2.11. The van der Waals surface area contributed by atoms with Gasteiger partial charge >= 0.3 is 5.97 Å². The quantitative estimate of drug-likeness (QED) is 0.457. The van der Waals surface area contributed by atoms with Gasteiger partial charge in [-0.1, -0.05) is 0 Å². The summed E-state index contributed by atoms with van der Waals surface area (Å²) in [6.45, 7) is 0. The Labute approximate surface area is 88.0 Å². The smallest absolute Gasteiger partial charge is 0.338 e. The van der Waals surface area contributed by atoms with Crippen LogP contribution in [-0.2, 0) is 16.0 Å². The highest BCUT2D eigenvalue weighted by Crippen LogP contribution is 2.16. The Hall–Kier alpha value is -1.84. The number of aryl methyl sites for hydroxylation is 1. The van der Waals surface area contributed by atoms with Crippen molar-refractivity contribution in [2.75, 3.05) is 12.8 Å². The molecule has 4 nitrogen and oxygen atoms in total. The van der Waals surface area contributed by atoms with Gasteiger partial charge in [0.15, 0.2) is 0 Å². The lowest BCUT2D eigenvalue weighted by Crippen LogP contribution is -2.06. The van der Waals surface area contributed by atoms with Crippen molar-refractivity contribution in [3.63, 3.8) is 0 Å². The number of nitrogen functional groups attached to an aromatic ring is 1. The van der Waals surface area contributed by atoms with Gasteiger partial charge in [-0.2, -0.15) is 0 Å². The van der Waals surface area contributed by atoms with Crippen LogP contribution in [0.25, 0.3) is 0 Å². The van der Waals surface area contributed by atoms with Crippen LogP contribution in [0.2, 0.25) is 0 Å². The summed E-state index contributed by atoms with van der Waals surface area (Å²) in [5.41, 5.74) is 7.38. The van der Waals surface area contributed by atoms with Crippen LogP contribution in [0, 0.1) is 0 Å². The summed E-state index contributed by atoms with van der Waals surface area (Å²) in [6, 6.07) is 4.94. The third-order valence-corrected chi connectivity index (χ3v) is 2.07. The molecular weight excluding hydrogens is 194 g/mol. The minimum Gasteiger partial charge on any atom is -0.465 e. The second-order valence-electron chi connectivity index (χ2n) is 3.11. The number of anilines is 1. The predicted octanol–water partition coefficient (Wildman–Crippen LogP) is 1.19. The first-order chi connectivity index (χ1) is 7.19. The third kappa shape index (κ3) is 2.80. The number of nitrogens with two attached hydrogens (primary N) is 1. The summed E-state index contributed by atoms with van der Waals surface area (Å²) >= 11 is 0. The number of hydrogen-bond acceptors (Lipinski definition) is 4. The van der Waals surface area contributed by atoms with E-state index in [0.29, 0.717) is 24.1 Å². The van der Waals surface area contributed by atoms with Gasteiger partial charge in [0.2, 0.25) is 0 Å². The molecule has 0 atom stereocenters. The second kappa shape index (κ2) is 5.14. The molecule has 15 heavy (non-hydrogen) atoms. The Morgan fingerprint density at radius 1 is 1.53 bits per heavy atom. The molecule has 0 saturated carbocycles. The van der Waals surface area contributed by atoms with Gasteiger partial charge in [0.25, 0.3) is 0 Å². The molecule has 0 bridgehead atoms. The Bertz CT molecular complexity index is 374. The van der Waals surface area contributed by atoms with E-state index in [9.17, 15) is 9.59 Å². The maximum atomic E-state index is 11.4. The fourth-order valence-corrected chi connectivity index (χ4v) is 1.34. The molecule has 0 amide bonds. The predicted molar refractivity (Wildman–Crippen MR) is 56.6 cm³/mol. The summed E-state index contributed by atoms with van der Waals surface area (Å²) in [4.78, 5) is 21.6. The van der Waals surface area contributed by atoms with Crippen LogP contribution in [0.4, 0.5) is 5.69 Å². The van der Waals surface area contributed by atoms with Crippen molar-refractivity contribution in [1.82, 2.24) is 0 Å². The van der Waals surface area contributed by atoms with Gasteiger partial charge in [-0.05, 0) is 30.2 Å². The Morgan fingerprint density at radius 2 is 2.27 bits per heavy atom. The molecule has 80 valence electrons. The summed E-state index contributed by atoms with van der Waals surface area (Å²) in [5.74, 6) is -0.407. The average molecular weight is 207 g/mol. The standard InChI is InChI=1S/C11H13NO3/c1-15-11(14)10-5-4-9(12)7-8(10)3-2-6-13/h4-7H,2-3,12H2,1H3. The zero-order valence-electron chi connectivity index (χ0n) is 8.53. The van der Waals surface area contributed by atoms with E-state index >= 15 is 0 Å². The number of esters is 1. The fraction of sp³-hybridized carbons (Fsp3) is 0.273. The molecule has 0 aliphatic rings. The van der Waals surface area contributed by atoms with Crippen LogP contribution in [0.3, 0.4) is 0 Å². The summed E-state index contributed by atoms with van der Waals surface area (Å²) in [6.07, 6.45) is 1.68. The van der Waals surface area contributed by atoms with Crippen molar-refractivity contribution in [2.45, 2.75) is 12.8 Å². The SMILES string of the molecule is COC(=O)c1ccc(N)cc1CCC=O. The lowest BCUT2D eigenvalue weighted by atomic mass is 10.0. The molecule has 0 aliphatic heterocycles. The van der Waals surface area contributed by atoms with E-state index in [0.717, 1.165) is 11.8 Å². The number of rotatable bonds is 4. The minimum absolute atomic E-state index is 0.368. The van der Waals surface area contributed by atoms with Crippen LogP contribution < -0.4 is 5.73 Å². The first-order valence-electron chi connectivity index (χ1n) is 4.59. The lowest BCUT2D eigenvalue weighted by molar-refractivity contribution is -0.107. The van der Waals surface area contributed by atoms with Crippen molar-refractivity contribution in [3.05, 3.63) is 29.3 Å². The first kappa shape index (κ1) is 11.2. The van der Waals surface area contributed by atoms with Crippen molar-refractivity contribution in [2.24, 2.45) is 0 Å². The van der Waals surface area contributed by atoms with Gasteiger partial charge in [0.1, 0.15) is 6.29 Å². The van der Waals surface area contributed by atoms with E-state index in [1.165, 1.54) is 7.11 Å². The summed E-state index contributed by atoms with van der Waals surface area (Å²) < 4.78 is 4.63. The Morgan fingerprint density at radius 3 is 2.87 bits per heavy atom. The molecule has 1 aromatic rings. The van der Waals surface area contributed by atoms with Gasteiger partial charge in [0.05, 0.1) is 12.7 Å². The maximum absolute atomic E-state index is 11.4. The van der Waals surface area contributed by atoms with E-state index in [1.807, 2.05) is 0 Å². The number of hydrogen-bond donors (Lipinski definition) is 1. The molecule has 0 aromatic heterocycles. The van der Waals surface area contributed by atoms with E-state index < -0.39 is 5.97 Å². The van der Waals surface area contributed by atoms with Crippen LogP contribution in [0.1, 0.15) is 22.3 Å². The Kier molecular flexibility index (Phi) is 3.85. The van der Waals surface area contributed by atoms with Gasteiger partial charge in [-0.25, -0.2) is 4.79 Å². The van der Waals surface area contributed by atoms with E-state index in [1.54, 1.807) is 18.2 Å². The third-order valence-electron chi connectivity index (χ3n) is 2.07. The molecule has 0 aliphatic carbocycles. The molecule has 1 rings (SSSR count). The highest BCUT2D eigenvalue weighted by atomic mass is 16.5. The van der Waals surface area contributed by atoms with E-state index in [4.69, 9.17) is 5.73 Å². The summed E-state index contributed by atoms with van der Waals surface area (Å²) in [7, 11) is 1.32. The summed E-state index contributed by atoms with van der Waals surface area (Å²) in [5, 5.41) is 0. The number of carbonyl (C=O) groups excluding carboxylic acids is 2. The monoisotopic (exact) mass is 207 g/mol. The number of carbonyl (C=O) groups is 2. The zero-order valence-corrected chi connectivity index (χ0v) is 8.53. The van der Waals surface area contributed by atoms with Crippen LogP contribution in [-0.4, -0.2) is 19.4 Å². The van der Waals surface area contributed by atoms with Crippen LogP contribution in [0.15, 0.2) is 18.2 Å². The largest absolute Gasteiger partial charge is 0.465 e. The van der Waals surface area contributed by atoms with E-state index in [2.05, 4.69) is 4.74 Å². The zero-order chi connectivity index (χ0) is 11.3. The molecule has 1 aromatic carbocycles. The van der Waals surface area contributed by atoms with Crippen LogP contribution >= 0.6 is 0 Å². The van der Waals surface area contributed by atoms with Gasteiger partial charge in [-0.3, -0.25) is 0 Å². The molecule has 0 unspecified atom stereocenters. The van der Waals surface area contributed by atoms with Crippen LogP contribution in [0.5, 0.6) is 0 Å². The fourth-order valence-electron chi connectivity index (χ4n) is 1.34. The molecule has 0 saturated heterocycles. The average Bonchev–Trinajstić information content (AvgIpc) is 2.25. The Balaban J connectivity index is 3.02. The number of aldehydes is 1. The van der Waals surface area contributed by atoms with Crippen molar-refractivity contribution < 1.29 is 14.3 Å². The lowest BCUT2D eigenvalue weighted by Gasteiger charge is -2.07. The maximum Gasteiger partial charge on any atom is 0.338 e. The molecule has 4 heteroatoms. The number of methoxy groups -OCH3 is 1. The molecular formula is C11H13NO3.